The van der Waals surface area contributed by atoms with E-state index in [0.717, 1.165) is 0 Å². The van der Waals surface area contributed by atoms with E-state index in [0.29, 0.717) is 11.3 Å². The molecule has 2 rings (SSSR count). The first kappa shape index (κ1) is 13.9. The lowest BCUT2D eigenvalue weighted by atomic mass is 10.1. The van der Waals surface area contributed by atoms with Crippen molar-refractivity contribution in [2.75, 3.05) is 18.4 Å². The number of aryl methyl sites for hydroxylation is 1. The Morgan fingerprint density at radius 3 is 2.85 bits per heavy atom. The molecule has 2 amide bonds. The maximum Gasteiger partial charge on any atom is 0.274 e. The topological polar surface area (TPSA) is 113 Å². The molecule has 1 saturated heterocycles. The summed E-state index contributed by atoms with van der Waals surface area (Å²) < 4.78 is 0. The molecule has 1 aliphatic heterocycles. The SMILES string of the molecule is Cc1ccc(NC(=O)C2CNC(=O)CN2)cc1[N+](=O)[O-]. The summed E-state index contributed by atoms with van der Waals surface area (Å²) in [4.78, 5) is 33.2. The van der Waals surface area contributed by atoms with Gasteiger partial charge in [0.05, 0.1) is 11.5 Å². The third kappa shape index (κ3) is 3.09. The minimum atomic E-state index is -0.548. The van der Waals surface area contributed by atoms with Gasteiger partial charge < -0.3 is 10.6 Å². The Kier molecular flexibility index (Phi) is 3.94. The third-order valence-electron chi connectivity index (χ3n) is 3.00. The monoisotopic (exact) mass is 278 g/mol. The molecule has 1 heterocycles. The van der Waals surface area contributed by atoms with Crippen molar-refractivity contribution in [1.82, 2.24) is 10.6 Å². The molecule has 20 heavy (non-hydrogen) atoms. The Labute approximate surface area is 114 Å². The Balaban J connectivity index is 2.06. The summed E-state index contributed by atoms with van der Waals surface area (Å²) in [5.41, 5.74) is 0.828. The minimum absolute atomic E-state index is 0.0484. The van der Waals surface area contributed by atoms with Gasteiger partial charge in [0.15, 0.2) is 0 Å². The van der Waals surface area contributed by atoms with Crippen LogP contribution in [0.25, 0.3) is 0 Å². The largest absolute Gasteiger partial charge is 0.353 e. The molecule has 1 fully saturated rings. The molecular weight excluding hydrogens is 264 g/mol. The van der Waals surface area contributed by atoms with Crippen LogP contribution in [0.4, 0.5) is 11.4 Å². The Morgan fingerprint density at radius 1 is 1.50 bits per heavy atom. The van der Waals surface area contributed by atoms with Gasteiger partial charge in [0.25, 0.3) is 5.69 Å². The van der Waals surface area contributed by atoms with Gasteiger partial charge in [0, 0.05) is 23.9 Å². The zero-order chi connectivity index (χ0) is 14.7. The van der Waals surface area contributed by atoms with Crippen LogP contribution < -0.4 is 16.0 Å². The van der Waals surface area contributed by atoms with Crippen LogP contribution in [0.15, 0.2) is 18.2 Å². The van der Waals surface area contributed by atoms with Crippen LogP contribution in [0, 0.1) is 17.0 Å². The number of carbonyl (C=O) groups is 2. The average Bonchev–Trinajstić information content (AvgIpc) is 2.41. The second kappa shape index (κ2) is 5.66. The van der Waals surface area contributed by atoms with Crippen LogP contribution in [0.2, 0.25) is 0 Å². The second-order valence-electron chi connectivity index (χ2n) is 4.49. The molecule has 1 aromatic carbocycles. The number of hydrogen-bond acceptors (Lipinski definition) is 5. The molecule has 1 aromatic rings. The number of hydrogen-bond donors (Lipinski definition) is 3. The van der Waals surface area contributed by atoms with Crippen LogP contribution in [0.1, 0.15) is 5.56 Å². The zero-order valence-electron chi connectivity index (χ0n) is 10.8. The van der Waals surface area contributed by atoms with Gasteiger partial charge in [-0.3, -0.25) is 25.0 Å². The smallest absolute Gasteiger partial charge is 0.274 e. The summed E-state index contributed by atoms with van der Waals surface area (Å²) in [6.07, 6.45) is 0. The number of nitrogens with one attached hydrogen (secondary N) is 3. The van der Waals surface area contributed by atoms with E-state index in [1.165, 1.54) is 6.07 Å². The number of carbonyl (C=O) groups excluding carboxylic acids is 2. The van der Waals surface area contributed by atoms with Crippen LogP contribution in [-0.2, 0) is 9.59 Å². The molecule has 0 aliphatic carbocycles. The standard InChI is InChI=1S/C12H14N4O4/c1-7-2-3-8(4-10(7)16(19)20)15-12(18)9-5-14-11(17)6-13-9/h2-4,9,13H,5-6H2,1H3,(H,14,17)(H,15,18). The lowest BCUT2D eigenvalue weighted by Gasteiger charge is -2.23. The van der Waals surface area contributed by atoms with E-state index in [4.69, 9.17) is 0 Å². The molecule has 0 bridgehead atoms. The van der Waals surface area contributed by atoms with E-state index in [1.54, 1.807) is 19.1 Å². The molecule has 8 nitrogen and oxygen atoms in total. The lowest BCUT2D eigenvalue weighted by Crippen LogP contribution is -2.56. The molecule has 106 valence electrons. The molecule has 1 unspecified atom stereocenters. The zero-order valence-corrected chi connectivity index (χ0v) is 10.8. The highest BCUT2D eigenvalue weighted by Crippen LogP contribution is 2.22. The van der Waals surface area contributed by atoms with Crippen molar-refractivity contribution < 1.29 is 14.5 Å². The number of nitro benzene ring substituents is 1. The molecule has 3 N–H and O–H groups in total. The van der Waals surface area contributed by atoms with Gasteiger partial charge in [-0.1, -0.05) is 6.07 Å². The second-order valence-corrected chi connectivity index (χ2v) is 4.49. The molecule has 1 atom stereocenters. The van der Waals surface area contributed by atoms with Crippen molar-refractivity contribution in [3.05, 3.63) is 33.9 Å². The van der Waals surface area contributed by atoms with Crippen molar-refractivity contribution in [2.24, 2.45) is 0 Å². The van der Waals surface area contributed by atoms with Gasteiger partial charge in [-0.2, -0.15) is 0 Å². The number of benzene rings is 1. The van der Waals surface area contributed by atoms with Crippen LogP contribution in [0.3, 0.4) is 0 Å². The summed E-state index contributed by atoms with van der Waals surface area (Å²) in [6.45, 7) is 1.90. The first-order valence-electron chi connectivity index (χ1n) is 6.03. The molecule has 1 aliphatic rings. The summed E-state index contributed by atoms with van der Waals surface area (Å²) in [6, 6.07) is 3.94. The van der Waals surface area contributed by atoms with Crippen molar-refractivity contribution >= 4 is 23.2 Å². The van der Waals surface area contributed by atoms with Gasteiger partial charge >= 0.3 is 0 Å². The summed E-state index contributed by atoms with van der Waals surface area (Å²) >= 11 is 0. The number of amides is 2. The van der Waals surface area contributed by atoms with E-state index in [-0.39, 0.29) is 30.6 Å². The van der Waals surface area contributed by atoms with Crippen LogP contribution in [-0.4, -0.2) is 35.9 Å². The van der Waals surface area contributed by atoms with Crippen molar-refractivity contribution in [1.29, 1.82) is 0 Å². The summed E-state index contributed by atoms with van der Waals surface area (Å²) in [5.74, 6) is -0.511. The molecule has 0 radical (unpaired) electrons. The fraction of sp³-hybridized carbons (Fsp3) is 0.333. The number of anilines is 1. The minimum Gasteiger partial charge on any atom is -0.353 e. The molecule has 8 heteroatoms. The highest BCUT2D eigenvalue weighted by atomic mass is 16.6. The number of rotatable bonds is 3. The van der Waals surface area contributed by atoms with E-state index >= 15 is 0 Å². The normalized spacial score (nSPS) is 18.2. The predicted molar refractivity (Wildman–Crippen MR) is 71.3 cm³/mol. The third-order valence-corrected chi connectivity index (χ3v) is 3.00. The Morgan fingerprint density at radius 2 is 2.25 bits per heavy atom. The Hall–Kier alpha value is -2.48. The van der Waals surface area contributed by atoms with E-state index in [1.807, 2.05) is 0 Å². The lowest BCUT2D eigenvalue weighted by molar-refractivity contribution is -0.385. The first-order chi connectivity index (χ1) is 9.47. The van der Waals surface area contributed by atoms with Gasteiger partial charge in [0.1, 0.15) is 6.04 Å². The first-order valence-corrected chi connectivity index (χ1v) is 6.03. The van der Waals surface area contributed by atoms with Crippen molar-refractivity contribution in [2.45, 2.75) is 13.0 Å². The van der Waals surface area contributed by atoms with E-state index in [9.17, 15) is 19.7 Å². The van der Waals surface area contributed by atoms with Gasteiger partial charge in [-0.05, 0) is 13.0 Å². The quantitative estimate of drug-likeness (QED) is 0.529. The summed E-state index contributed by atoms with van der Waals surface area (Å²) in [5, 5.41) is 18.8. The number of nitrogens with zero attached hydrogens (tertiary/aromatic N) is 1. The fourth-order valence-corrected chi connectivity index (χ4v) is 1.87. The average molecular weight is 278 g/mol. The summed E-state index contributed by atoms with van der Waals surface area (Å²) in [7, 11) is 0. The van der Waals surface area contributed by atoms with Gasteiger partial charge in [0.2, 0.25) is 11.8 Å². The van der Waals surface area contributed by atoms with Crippen LogP contribution >= 0.6 is 0 Å². The van der Waals surface area contributed by atoms with Crippen LogP contribution in [0.5, 0.6) is 0 Å². The van der Waals surface area contributed by atoms with E-state index in [2.05, 4.69) is 16.0 Å². The highest BCUT2D eigenvalue weighted by molar-refractivity contribution is 5.96. The maximum atomic E-state index is 11.9. The molecule has 0 spiro atoms. The van der Waals surface area contributed by atoms with Gasteiger partial charge in [-0.25, -0.2) is 0 Å². The van der Waals surface area contributed by atoms with Gasteiger partial charge in [-0.15, -0.1) is 0 Å². The maximum absolute atomic E-state index is 11.9. The van der Waals surface area contributed by atoms with E-state index < -0.39 is 11.0 Å². The predicted octanol–water partition coefficient (Wildman–Crippen LogP) is -0.0703. The Bertz CT molecular complexity index is 563. The fourth-order valence-electron chi connectivity index (χ4n) is 1.87. The number of piperazine rings is 1. The molecule has 0 aromatic heterocycles. The molecule has 0 saturated carbocycles. The van der Waals surface area contributed by atoms with Crippen molar-refractivity contribution in [3.63, 3.8) is 0 Å². The highest BCUT2D eigenvalue weighted by Gasteiger charge is 2.24. The number of nitro groups is 1. The molecular formula is C12H14N4O4. The van der Waals surface area contributed by atoms with Crippen molar-refractivity contribution in [3.8, 4) is 0 Å².